The van der Waals surface area contributed by atoms with Crippen molar-refractivity contribution in [2.75, 3.05) is 27.2 Å². The van der Waals surface area contributed by atoms with Crippen LogP contribution in [0.25, 0.3) is 0 Å². The summed E-state index contributed by atoms with van der Waals surface area (Å²) in [5.41, 5.74) is 0.651. The maximum Gasteiger partial charge on any atom is 0.176 e. The molecule has 0 radical (unpaired) electrons. The molecular weight excluding hydrogens is 230 g/mol. The van der Waals surface area contributed by atoms with E-state index in [1.54, 1.807) is 26.2 Å². The van der Waals surface area contributed by atoms with Crippen molar-refractivity contribution in [3.05, 3.63) is 29.8 Å². The number of likely N-dealkylation sites (N-methyl/N-ethyl adjacent to an activating group) is 1. The molecule has 0 bridgehead atoms. The van der Waals surface area contributed by atoms with Gasteiger partial charge in [-0.2, -0.15) is 0 Å². The van der Waals surface area contributed by atoms with Gasteiger partial charge in [-0.25, -0.2) is 0 Å². The second kappa shape index (κ2) is 7.13. The van der Waals surface area contributed by atoms with Crippen LogP contribution in [0, 0.1) is 0 Å². The monoisotopic (exact) mass is 251 g/mol. The van der Waals surface area contributed by atoms with Gasteiger partial charge in [-0.15, -0.1) is 0 Å². The van der Waals surface area contributed by atoms with Crippen molar-refractivity contribution >= 4 is 5.78 Å². The lowest BCUT2D eigenvalue weighted by molar-refractivity contribution is 0.0931. The van der Waals surface area contributed by atoms with Crippen LogP contribution < -0.4 is 4.74 Å². The van der Waals surface area contributed by atoms with Crippen LogP contribution in [0.4, 0.5) is 0 Å². The maximum absolute atomic E-state index is 12.0. The minimum atomic E-state index is -0.334. The van der Waals surface area contributed by atoms with Gasteiger partial charge in [0.2, 0.25) is 0 Å². The van der Waals surface area contributed by atoms with Gasteiger partial charge in [0.1, 0.15) is 5.75 Å². The molecule has 4 nitrogen and oxygen atoms in total. The molecule has 0 amide bonds. The number of aliphatic hydroxyl groups is 1. The van der Waals surface area contributed by atoms with Gasteiger partial charge < -0.3 is 9.84 Å². The topological polar surface area (TPSA) is 49.8 Å². The minimum absolute atomic E-state index is 0.0574. The van der Waals surface area contributed by atoms with Crippen LogP contribution in [0.15, 0.2) is 24.3 Å². The van der Waals surface area contributed by atoms with E-state index in [0.717, 1.165) is 0 Å². The number of carbonyl (C=O) groups is 1. The van der Waals surface area contributed by atoms with Crippen molar-refractivity contribution in [2.45, 2.75) is 19.4 Å². The van der Waals surface area contributed by atoms with Gasteiger partial charge in [-0.3, -0.25) is 9.69 Å². The lowest BCUT2D eigenvalue weighted by Gasteiger charge is -2.16. The molecule has 0 saturated carbocycles. The first kappa shape index (κ1) is 14.7. The number of ether oxygens (including phenoxy) is 1. The van der Waals surface area contributed by atoms with Gasteiger partial charge in [0.25, 0.3) is 0 Å². The lowest BCUT2D eigenvalue weighted by Crippen LogP contribution is -2.28. The second-order valence-electron chi connectivity index (χ2n) is 4.53. The molecular formula is C14H21NO3. The highest BCUT2D eigenvalue weighted by atomic mass is 16.5. The molecule has 18 heavy (non-hydrogen) atoms. The van der Waals surface area contributed by atoms with Crippen molar-refractivity contribution in [2.24, 2.45) is 0 Å². The van der Waals surface area contributed by atoms with Crippen LogP contribution in [0.1, 0.15) is 23.7 Å². The third-order valence-corrected chi connectivity index (χ3v) is 2.73. The summed E-state index contributed by atoms with van der Waals surface area (Å²) in [5, 5.41) is 9.19. The molecule has 0 saturated heterocycles. The zero-order valence-corrected chi connectivity index (χ0v) is 11.2. The first-order valence-electron chi connectivity index (χ1n) is 6.06. The average Bonchev–Trinajstić information content (AvgIpc) is 2.36. The van der Waals surface area contributed by atoms with E-state index in [4.69, 9.17) is 4.74 Å². The van der Waals surface area contributed by atoms with E-state index in [0.29, 0.717) is 30.8 Å². The number of Topliss-reactive ketones (excluding diaryl/α,β-unsaturated/α-hetero) is 1. The van der Waals surface area contributed by atoms with E-state index in [2.05, 4.69) is 0 Å². The van der Waals surface area contributed by atoms with Crippen LogP contribution in [-0.2, 0) is 0 Å². The zero-order valence-electron chi connectivity index (χ0n) is 11.2. The van der Waals surface area contributed by atoms with E-state index in [1.165, 1.54) is 0 Å². The summed E-state index contributed by atoms with van der Waals surface area (Å²) in [5.74, 6) is 0.745. The summed E-state index contributed by atoms with van der Waals surface area (Å²) < 4.78 is 5.09. The van der Waals surface area contributed by atoms with E-state index in [9.17, 15) is 9.90 Å². The normalized spacial score (nSPS) is 12.5. The third kappa shape index (κ3) is 4.85. The predicted octanol–water partition coefficient (Wildman–Crippen LogP) is 1.58. The number of rotatable bonds is 7. The molecule has 1 aromatic rings. The van der Waals surface area contributed by atoms with Gasteiger partial charge in [-0.05, 0) is 32.5 Å². The largest absolute Gasteiger partial charge is 0.497 e. The van der Waals surface area contributed by atoms with Gasteiger partial charge in [-0.1, -0.05) is 12.1 Å². The van der Waals surface area contributed by atoms with Gasteiger partial charge in [0.15, 0.2) is 5.78 Å². The smallest absolute Gasteiger partial charge is 0.176 e. The molecule has 1 N–H and O–H groups in total. The van der Waals surface area contributed by atoms with E-state index in [1.807, 2.05) is 24.1 Å². The van der Waals surface area contributed by atoms with E-state index in [-0.39, 0.29) is 11.9 Å². The summed E-state index contributed by atoms with van der Waals surface area (Å²) in [6.07, 6.45) is 0.335. The highest BCUT2D eigenvalue weighted by Gasteiger charge is 2.10. The van der Waals surface area contributed by atoms with Crippen LogP contribution in [0.5, 0.6) is 5.75 Å². The number of ketones is 1. The van der Waals surface area contributed by atoms with Crippen LogP contribution in [-0.4, -0.2) is 49.1 Å². The molecule has 0 aromatic heterocycles. The molecule has 1 unspecified atom stereocenters. The summed E-state index contributed by atoms with van der Waals surface area (Å²) in [6.45, 7) is 2.80. The first-order chi connectivity index (χ1) is 8.52. The Morgan fingerprint density at radius 1 is 1.50 bits per heavy atom. The highest BCUT2D eigenvalue weighted by molar-refractivity contribution is 5.97. The van der Waals surface area contributed by atoms with Gasteiger partial charge in [0, 0.05) is 12.1 Å². The molecule has 0 aliphatic heterocycles. The number of hydrogen-bond acceptors (Lipinski definition) is 4. The Kier molecular flexibility index (Phi) is 5.82. The number of aliphatic hydroxyl groups excluding tert-OH is 1. The minimum Gasteiger partial charge on any atom is -0.497 e. The Labute approximate surface area is 108 Å². The van der Waals surface area contributed by atoms with Gasteiger partial charge >= 0.3 is 0 Å². The number of benzene rings is 1. The molecule has 0 spiro atoms. The van der Waals surface area contributed by atoms with Crippen LogP contribution in [0.2, 0.25) is 0 Å². The van der Waals surface area contributed by atoms with Crippen LogP contribution >= 0.6 is 0 Å². The van der Waals surface area contributed by atoms with Crippen molar-refractivity contribution in [3.8, 4) is 5.75 Å². The molecule has 1 atom stereocenters. The second-order valence-corrected chi connectivity index (χ2v) is 4.53. The molecule has 1 aromatic carbocycles. The highest BCUT2D eigenvalue weighted by Crippen LogP contribution is 2.13. The summed E-state index contributed by atoms with van der Waals surface area (Å²) in [6, 6.07) is 7.15. The molecule has 1 rings (SSSR count). The maximum atomic E-state index is 12.0. The standard InChI is InChI=1S/C14H21NO3/c1-11(16)7-8-15(2)10-14(17)12-5-4-6-13(9-12)18-3/h4-6,9,11,16H,7-8,10H2,1-3H3. The van der Waals surface area contributed by atoms with Crippen molar-refractivity contribution in [1.29, 1.82) is 0 Å². The molecule has 0 aliphatic carbocycles. The molecule has 0 heterocycles. The Morgan fingerprint density at radius 3 is 2.83 bits per heavy atom. The van der Waals surface area contributed by atoms with E-state index < -0.39 is 0 Å². The third-order valence-electron chi connectivity index (χ3n) is 2.73. The summed E-state index contributed by atoms with van der Waals surface area (Å²) in [7, 11) is 3.46. The number of carbonyl (C=O) groups excluding carboxylic acids is 1. The van der Waals surface area contributed by atoms with Crippen molar-refractivity contribution in [3.63, 3.8) is 0 Å². The lowest BCUT2D eigenvalue weighted by atomic mass is 10.1. The number of methoxy groups -OCH3 is 1. The fourth-order valence-electron chi connectivity index (χ4n) is 1.62. The SMILES string of the molecule is COc1cccc(C(=O)CN(C)CCC(C)O)c1. The molecule has 0 aliphatic rings. The summed E-state index contributed by atoms with van der Waals surface area (Å²) >= 11 is 0. The van der Waals surface area contributed by atoms with Crippen molar-refractivity contribution in [1.82, 2.24) is 4.90 Å². The Bertz CT molecular complexity index is 390. The van der Waals surface area contributed by atoms with E-state index >= 15 is 0 Å². The Balaban J connectivity index is 2.53. The van der Waals surface area contributed by atoms with Gasteiger partial charge in [0.05, 0.1) is 19.8 Å². The predicted molar refractivity (Wildman–Crippen MR) is 71.1 cm³/mol. The number of hydrogen-bond donors (Lipinski definition) is 1. The Hall–Kier alpha value is -1.39. The fourth-order valence-corrected chi connectivity index (χ4v) is 1.62. The molecule has 0 fully saturated rings. The number of nitrogens with zero attached hydrogens (tertiary/aromatic N) is 1. The molecule has 4 heteroatoms. The quantitative estimate of drug-likeness (QED) is 0.748. The fraction of sp³-hybridized carbons (Fsp3) is 0.500. The average molecular weight is 251 g/mol. The van der Waals surface area contributed by atoms with Crippen molar-refractivity contribution < 1.29 is 14.6 Å². The first-order valence-corrected chi connectivity index (χ1v) is 6.06. The molecule has 100 valence electrons. The Morgan fingerprint density at radius 2 is 2.22 bits per heavy atom. The van der Waals surface area contributed by atoms with Crippen LogP contribution in [0.3, 0.4) is 0 Å². The zero-order chi connectivity index (χ0) is 13.5. The summed E-state index contributed by atoms with van der Waals surface area (Å²) in [4.78, 5) is 13.9.